The number of nitrogens with one attached hydrogen (secondary N) is 1. The monoisotopic (exact) mass is 426 g/mol. The summed E-state index contributed by atoms with van der Waals surface area (Å²) >= 11 is 1.64. The zero-order valence-electron chi connectivity index (χ0n) is 17.8. The third-order valence-corrected chi connectivity index (χ3v) is 6.39. The number of nitrogens with zero attached hydrogens (tertiary/aromatic N) is 3. The van der Waals surface area contributed by atoms with E-state index in [0.717, 1.165) is 66.4 Å². The Kier molecular flexibility index (Phi) is 6.89. The van der Waals surface area contributed by atoms with Crippen LogP contribution in [0.5, 0.6) is 0 Å². The second kappa shape index (κ2) is 9.79. The second-order valence-electron chi connectivity index (χ2n) is 8.33. The number of amides is 1. The first kappa shape index (κ1) is 21.1. The Morgan fingerprint density at radius 2 is 1.93 bits per heavy atom. The van der Waals surface area contributed by atoms with E-state index in [4.69, 9.17) is 14.7 Å². The van der Waals surface area contributed by atoms with E-state index in [1.54, 1.807) is 11.8 Å². The van der Waals surface area contributed by atoms with Gasteiger partial charge in [-0.3, -0.25) is 4.79 Å². The summed E-state index contributed by atoms with van der Waals surface area (Å²) in [7, 11) is 0. The molecule has 1 amide bonds. The van der Waals surface area contributed by atoms with Crippen LogP contribution in [0.1, 0.15) is 54.2 Å². The molecule has 1 aliphatic heterocycles. The van der Waals surface area contributed by atoms with Gasteiger partial charge in [0.1, 0.15) is 5.82 Å². The molecule has 2 heterocycles. The van der Waals surface area contributed by atoms with Crippen LogP contribution in [0.3, 0.4) is 0 Å². The summed E-state index contributed by atoms with van der Waals surface area (Å²) < 4.78 is 5.47. The standard InChI is InChI=1S/C23H30N4O2S/c1-16(2)20-13-21(27-9-11-29-12-10-27)26-23(25-20)30-15-18-5-7-19(8-6-18)22(28)24-14-17-3-4-17/h5-8,13,16-17H,3-4,9-12,14-15H2,1-2H3,(H,24,28). The fourth-order valence-electron chi connectivity index (χ4n) is 3.31. The maximum Gasteiger partial charge on any atom is 0.251 e. The maximum atomic E-state index is 12.2. The van der Waals surface area contributed by atoms with Crippen LogP contribution in [0.25, 0.3) is 0 Å². The molecule has 2 fully saturated rings. The van der Waals surface area contributed by atoms with Crippen LogP contribution in [0.2, 0.25) is 0 Å². The van der Waals surface area contributed by atoms with Crippen LogP contribution < -0.4 is 10.2 Å². The molecule has 30 heavy (non-hydrogen) atoms. The van der Waals surface area contributed by atoms with Crippen molar-refractivity contribution in [2.45, 2.75) is 43.5 Å². The summed E-state index contributed by atoms with van der Waals surface area (Å²) in [6, 6.07) is 9.96. The molecular weight excluding hydrogens is 396 g/mol. The highest BCUT2D eigenvalue weighted by Gasteiger charge is 2.22. The predicted octanol–water partition coefficient (Wildman–Crippen LogP) is 3.87. The fourth-order valence-corrected chi connectivity index (χ4v) is 4.12. The van der Waals surface area contributed by atoms with E-state index in [9.17, 15) is 4.79 Å². The first-order chi connectivity index (χ1) is 14.6. The van der Waals surface area contributed by atoms with Crippen LogP contribution in [0.15, 0.2) is 35.5 Å². The Morgan fingerprint density at radius 1 is 1.20 bits per heavy atom. The lowest BCUT2D eigenvalue weighted by atomic mass is 10.1. The number of morpholine rings is 1. The van der Waals surface area contributed by atoms with E-state index < -0.39 is 0 Å². The first-order valence-electron chi connectivity index (χ1n) is 10.8. The molecule has 0 unspecified atom stereocenters. The third kappa shape index (κ3) is 5.73. The maximum absolute atomic E-state index is 12.2. The number of carbonyl (C=O) groups excluding carboxylic acids is 1. The summed E-state index contributed by atoms with van der Waals surface area (Å²) in [6.07, 6.45) is 2.48. The van der Waals surface area contributed by atoms with Gasteiger partial charge in [0.2, 0.25) is 0 Å². The Hall–Kier alpha value is -2.12. The highest BCUT2D eigenvalue weighted by atomic mass is 32.2. The molecule has 1 aromatic heterocycles. The average molecular weight is 427 g/mol. The van der Waals surface area contributed by atoms with E-state index >= 15 is 0 Å². The minimum atomic E-state index is 0.0178. The molecule has 1 aromatic carbocycles. The Labute approximate surface area is 182 Å². The van der Waals surface area contributed by atoms with Gasteiger partial charge in [-0.05, 0) is 42.4 Å². The van der Waals surface area contributed by atoms with Crippen molar-refractivity contribution >= 4 is 23.5 Å². The van der Waals surface area contributed by atoms with Gasteiger partial charge in [0.15, 0.2) is 5.16 Å². The number of hydrogen-bond donors (Lipinski definition) is 1. The van der Waals surface area contributed by atoms with Gasteiger partial charge in [-0.2, -0.15) is 0 Å². The van der Waals surface area contributed by atoms with Crippen molar-refractivity contribution in [3.8, 4) is 0 Å². The topological polar surface area (TPSA) is 67.3 Å². The number of aromatic nitrogens is 2. The van der Waals surface area contributed by atoms with Crippen molar-refractivity contribution in [1.82, 2.24) is 15.3 Å². The Bertz CT molecular complexity index is 862. The quantitative estimate of drug-likeness (QED) is 0.511. The summed E-state index contributed by atoms with van der Waals surface area (Å²) in [5.41, 5.74) is 2.94. The number of hydrogen-bond acceptors (Lipinski definition) is 6. The summed E-state index contributed by atoms with van der Waals surface area (Å²) in [6.45, 7) is 8.32. The summed E-state index contributed by atoms with van der Waals surface area (Å²) in [5, 5.41) is 3.81. The van der Waals surface area contributed by atoms with Crippen molar-refractivity contribution < 1.29 is 9.53 Å². The van der Waals surface area contributed by atoms with Gasteiger partial charge in [0.05, 0.1) is 13.2 Å². The lowest BCUT2D eigenvalue weighted by molar-refractivity contribution is 0.0952. The molecule has 1 aliphatic carbocycles. The molecule has 0 radical (unpaired) electrons. The van der Waals surface area contributed by atoms with Crippen molar-refractivity contribution in [2.24, 2.45) is 5.92 Å². The molecule has 0 bridgehead atoms. The van der Waals surface area contributed by atoms with Crippen LogP contribution in [0.4, 0.5) is 5.82 Å². The van der Waals surface area contributed by atoms with Crippen LogP contribution in [-0.4, -0.2) is 48.7 Å². The van der Waals surface area contributed by atoms with Crippen LogP contribution in [-0.2, 0) is 10.5 Å². The van der Waals surface area contributed by atoms with Crippen molar-refractivity contribution in [2.75, 3.05) is 37.7 Å². The van der Waals surface area contributed by atoms with E-state index in [1.165, 1.54) is 12.8 Å². The predicted molar refractivity (Wildman–Crippen MR) is 120 cm³/mol. The van der Waals surface area contributed by atoms with E-state index in [-0.39, 0.29) is 5.91 Å². The normalized spacial score (nSPS) is 16.7. The molecule has 1 N–H and O–H groups in total. The van der Waals surface area contributed by atoms with Gasteiger partial charge in [0, 0.05) is 42.7 Å². The number of anilines is 1. The number of rotatable bonds is 8. The molecule has 0 atom stereocenters. The SMILES string of the molecule is CC(C)c1cc(N2CCOCC2)nc(SCc2ccc(C(=O)NCC3CC3)cc2)n1. The fraction of sp³-hybridized carbons (Fsp3) is 0.522. The molecule has 4 rings (SSSR count). The lowest BCUT2D eigenvalue weighted by Gasteiger charge is -2.28. The van der Waals surface area contributed by atoms with Crippen LogP contribution in [0, 0.1) is 5.92 Å². The molecular formula is C23H30N4O2S. The van der Waals surface area contributed by atoms with Gasteiger partial charge in [0.25, 0.3) is 5.91 Å². The summed E-state index contributed by atoms with van der Waals surface area (Å²) in [5.74, 6) is 2.81. The van der Waals surface area contributed by atoms with Gasteiger partial charge >= 0.3 is 0 Å². The van der Waals surface area contributed by atoms with E-state index in [1.807, 2.05) is 24.3 Å². The largest absolute Gasteiger partial charge is 0.378 e. The van der Waals surface area contributed by atoms with E-state index in [0.29, 0.717) is 11.8 Å². The van der Waals surface area contributed by atoms with Crippen LogP contribution >= 0.6 is 11.8 Å². The van der Waals surface area contributed by atoms with Crippen molar-refractivity contribution in [3.05, 3.63) is 47.2 Å². The lowest BCUT2D eigenvalue weighted by Crippen LogP contribution is -2.37. The number of thioether (sulfide) groups is 1. The molecule has 1 saturated heterocycles. The highest BCUT2D eigenvalue weighted by molar-refractivity contribution is 7.98. The Morgan fingerprint density at radius 3 is 2.60 bits per heavy atom. The molecule has 6 nitrogen and oxygen atoms in total. The molecule has 2 aromatic rings. The molecule has 2 aliphatic rings. The number of carbonyl (C=O) groups is 1. The Balaban J connectivity index is 1.39. The minimum absolute atomic E-state index is 0.0178. The molecule has 0 spiro atoms. The van der Waals surface area contributed by atoms with Gasteiger partial charge in [-0.15, -0.1) is 0 Å². The van der Waals surface area contributed by atoms with Gasteiger partial charge in [-0.1, -0.05) is 37.7 Å². The first-order valence-corrected chi connectivity index (χ1v) is 11.8. The van der Waals surface area contributed by atoms with E-state index in [2.05, 4.69) is 30.1 Å². The summed E-state index contributed by atoms with van der Waals surface area (Å²) in [4.78, 5) is 24.1. The molecule has 7 heteroatoms. The third-order valence-electron chi connectivity index (χ3n) is 5.47. The zero-order valence-corrected chi connectivity index (χ0v) is 18.6. The number of benzene rings is 1. The van der Waals surface area contributed by atoms with Gasteiger partial charge < -0.3 is 15.0 Å². The van der Waals surface area contributed by atoms with Crippen molar-refractivity contribution in [3.63, 3.8) is 0 Å². The van der Waals surface area contributed by atoms with Gasteiger partial charge in [-0.25, -0.2) is 9.97 Å². The number of ether oxygens (including phenoxy) is 1. The molecule has 1 saturated carbocycles. The average Bonchev–Trinajstić information content (AvgIpc) is 3.61. The zero-order chi connectivity index (χ0) is 20.9. The van der Waals surface area contributed by atoms with Crippen molar-refractivity contribution in [1.29, 1.82) is 0 Å². The smallest absolute Gasteiger partial charge is 0.251 e. The highest BCUT2D eigenvalue weighted by Crippen LogP contribution is 2.28. The minimum Gasteiger partial charge on any atom is -0.378 e. The second-order valence-corrected chi connectivity index (χ2v) is 9.27. The molecule has 160 valence electrons.